The molecule has 2 aromatic carbocycles. The van der Waals surface area contributed by atoms with Crippen molar-refractivity contribution in [2.24, 2.45) is 0 Å². The maximum atomic E-state index is 5.41. The number of benzene rings is 2. The van der Waals surface area contributed by atoms with Crippen LogP contribution in [0.2, 0.25) is 0 Å². The highest BCUT2D eigenvalue weighted by atomic mass is 35.5. The Bertz CT molecular complexity index is 802. The zero-order valence-electron chi connectivity index (χ0n) is 12.9. The van der Waals surface area contributed by atoms with E-state index >= 15 is 0 Å². The smallest absolute Gasteiger partial charge is 0.142 e. The van der Waals surface area contributed by atoms with Crippen LogP contribution in [0.3, 0.4) is 0 Å². The summed E-state index contributed by atoms with van der Waals surface area (Å²) in [5.41, 5.74) is 5.21. The summed E-state index contributed by atoms with van der Waals surface area (Å²) < 4.78 is 5.41. The summed E-state index contributed by atoms with van der Waals surface area (Å²) in [6, 6.07) is 16.2. The summed E-state index contributed by atoms with van der Waals surface area (Å²) in [5.74, 6) is 0.827. The number of ether oxygens (including phenoxy) is 1. The Morgan fingerprint density at radius 2 is 1.73 bits per heavy atom. The molecule has 0 spiro atoms. The van der Waals surface area contributed by atoms with Gasteiger partial charge in [-0.05, 0) is 37.6 Å². The summed E-state index contributed by atoms with van der Waals surface area (Å²) in [4.78, 5) is 4.65. The van der Waals surface area contributed by atoms with Gasteiger partial charge in [0.15, 0.2) is 0 Å². The minimum Gasteiger partial charge on any atom is -1.00 e. The molecule has 3 rings (SSSR count). The molecular formula is C18H18ClN2O-. The second-order valence-corrected chi connectivity index (χ2v) is 5.11. The van der Waals surface area contributed by atoms with Crippen molar-refractivity contribution in [3.8, 4) is 5.75 Å². The van der Waals surface area contributed by atoms with Crippen LogP contribution in [0.25, 0.3) is 10.9 Å². The van der Waals surface area contributed by atoms with E-state index in [2.05, 4.69) is 41.5 Å². The lowest BCUT2D eigenvalue weighted by Gasteiger charge is -2.14. The lowest BCUT2D eigenvalue weighted by atomic mass is 10.1. The number of nitrogens with one attached hydrogen (secondary N) is 1. The minimum absolute atomic E-state index is 0. The Labute approximate surface area is 136 Å². The van der Waals surface area contributed by atoms with Crippen LogP contribution in [-0.4, -0.2) is 12.1 Å². The van der Waals surface area contributed by atoms with Crippen molar-refractivity contribution in [3.05, 3.63) is 59.8 Å². The van der Waals surface area contributed by atoms with E-state index in [4.69, 9.17) is 4.74 Å². The molecule has 0 aliphatic rings. The Morgan fingerprint density at radius 1 is 0.955 bits per heavy atom. The van der Waals surface area contributed by atoms with E-state index in [1.165, 1.54) is 5.56 Å². The molecular weight excluding hydrogens is 296 g/mol. The summed E-state index contributed by atoms with van der Waals surface area (Å²) in [5, 5.41) is 4.59. The van der Waals surface area contributed by atoms with Crippen molar-refractivity contribution >= 4 is 22.3 Å². The predicted octanol–water partition coefficient (Wildman–Crippen LogP) is 1.61. The number of nitrogens with zero attached hydrogens (tertiary/aromatic N) is 1. The maximum absolute atomic E-state index is 5.41. The number of methoxy groups -OCH3 is 1. The number of anilines is 2. The average molecular weight is 314 g/mol. The first kappa shape index (κ1) is 16.1. The fourth-order valence-corrected chi connectivity index (χ4v) is 2.52. The van der Waals surface area contributed by atoms with E-state index in [0.29, 0.717) is 0 Å². The largest absolute Gasteiger partial charge is 1.00 e. The first-order valence-electron chi connectivity index (χ1n) is 6.96. The molecule has 0 amide bonds. The summed E-state index contributed by atoms with van der Waals surface area (Å²) in [6.45, 7) is 4.10. The van der Waals surface area contributed by atoms with Gasteiger partial charge in [0.1, 0.15) is 5.75 Å². The van der Waals surface area contributed by atoms with Crippen molar-refractivity contribution in [2.75, 3.05) is 12.4 Å². The molecule has 0 radical (unpaired) electrons. The van der Waals surface area contributed by atoms with Crippen LogP contribution in [0.1, 0.15) is 11.3 Å². The van der Waals surface area contributed by atoms with Gasteiger partial charge in [0.2, 0.25) is 0 Å². The van der Waals surface area contributed by atoms with Gasteiger partial charge in [-0.25, -0.2) is 0 Å². The molecule has 0 atom stereocenters. The van der Waals surface area contributed by atoms with Gasteiger partial charge in [-0.3, -0.25) is 4.98 Å². The number of pyridine rings is 1. The third-order valence-electron chi connectivity index (χ3n) is 3.55. The Hall–Kier alpha value is -2.26. The molecule has 3 aromatic rings. The molecule has 0 aliphatic carbocycles. The van der Waals surface area contributed by atoms with Crippen molar-refractivity contribution < 1.29 is 17.1 Å². The third-order valence-corrected chi connectivity index (χ3v) is 3.55. The van der Waals surface area contributed by atoms with Gasteiger partial charge in [-0.1, -0.05) is 30.3 Å². The number of rotatable bonds is 3. The monoisotopic (exact) mass is 313 g/mol. The van der Waals surface area contributed by atoms with Gasteiger partial charge in [-0.2, -0.15) is 0 Å². The molecule has 0 saturated heterocycles. The third kappa shape index (κ3) is 3.00. The number of aryl methyl sites for hydroxylation is 2. The quantitative estimate of drug-likeness (QED) is 0.798. The number of halogens is 1. The summed E-state index contributed by atoms with van der Waals surface area (Å²) in [7, 11) is 1.68. The van der Waals surface area contributed by atoms with Crippen molar-refractivity contribution in [3.63, 3.8) is 0 Å². The van der Waals surface area contributed by atoms with Crippen molar-refractivity contribution in [2.45, 2.75) is 13.8 Å². The van der Waals surface area contributed by atoms with Crippen LogP contribution in [0.15, 0.2) is 48.5 Å². The topological polar surface area (TPSA) is 34.1 Å². The van der Waals surface area contributed by atoms with Crippen LogP contribution >= 0.6 is 0 Å². The highest BCUT2D eigenvalue weighted by molar-refractivity contribution is 5.95. The molecule has 3 nitrogen and oxygen atoms in total. The maximum Gasteiger partial charge on any atom is 0.142 e. The standard InChI is InChI=1S/C18H18N2O.ClH/c1-12-7-6-8-14-16(11-13(2)19-18(12)14)20-15-9-4-5-10-17(15)21-3;/h4-11H,1-3H3,(H,19,20);1H/p-1. The molecule has 1 aromatic heterocycles. The fourth-order valence-electron chi connectivity index (χ4n) is 2.52. The second kappa shape index (κ2) is 6.67. The summed E-state index contributed by atoms with van der Waals surface area (Å²) >= 11 is 0. The number of fused-ring (bicyclic) bond motifs is 1. The van der Waals surface area contributed by atoms with Gasteiger partial charge in [0.25, 0.3) is 0 Å². The lowest BCUT2D eigenvalue weighted by Crippen LogP contribution is -3.00. The Kier molecular flexibility index (Phi) is 4.88. The van der Waals surface area contributed by atoms with E-state index in [0.717, 1.165) is 33.7 Å². The van der Waals surface area contributed by atoms with Gasteiger partial charge in [-0.15, -0.1) is 0 Å². The minimum atomic E-state index is 0. The molecule has 114 valence electrons. The van der Waals surface area contributed by atoms with E-state index < -0.39 is 0 Å². The lowest BCUT2D eigenvalue weighted by molar-refractivity contribution is -0.00000464. The molecule has 1 heterocycles. The van der Waals surface area contributed by atoms with Crippen molar-refractivity contribution in [1.82, 2.24) is 4.98 Å². The van der Waals surface area contributed by atoms with E-state index in [9.17, 15) is 0 Å². The fraction of sp³-hybridized carbons (Fsp3) is 0.167. The van der Waals surface area contributed by atoms with Crippen LogP contribution in [-0.2, 0) is 0 Å². The number of para-hydroxylation sites is 3. The molecule has 0 unspecified atom stereocenters. The summed E-state index contributed by atoms with van der Waals surface area (Å²) in [6.07, 6.45) is 0. The van der Waals surface area contributed by atoms with Crippen molar-refractivity contribution in [1.29, 1.82) is 0 Å². The van der Waals surface area contributed by atoms with Crippen LogP contribution < -0.4 is 22.5 Å². The Morgan fingerprint density at radius 3 is 2.50 bits per heavy atom. The molecule has 0 bridgehead atoms. The number of aromatic nitrogens is 1. The second-order valence-electron chi connectivity index (χ2n) is 5.11. The van der Waals surface area contributed by atoms with Gasteiger partial charge in [0.05, 0.1) is 18.3 Å². The van der Waals surface area contributed by atoms with Gasteiger partial charge < -0.3 is 22.5 Å². The zero-order chi connectivity index (χ0) is 14.8. The van der Waals surface area contributed by atoms with Gasteiger partial charge in [0, 0.05) is 16.8 Å². The van der Waals surface area contributed by atoms with E-state index in [-0.39, 0.29) is 12.4 Å². The normalized spacial score (nSPS) is 10.1. The number of hydrogen-bond donors (Lipinski definition) is 1. The van der Waals surface area contributed by atoms with Gasteiger partial charge >= 0.3 is 0 Å². The highest BCUT2D eigenvalue weighted by Crippen LogP contribution is 2.32. The molecule has 0 aliphatic heterocycles. The highest BCUT2D eigenvalue weighted by Gasteiger charge is 2.08. The number of hydrogen-bond acceptors (Lipinski definition) is 3. The van der Waals surface area contributed by atoms with Crippen LogP contribution in [0.4, 0.5) is 11.4 Å². The molecule has 1 N–H and O–H groups in total. The van der Waals surface area contributed by atoms with E-state index in [1.807, 2.05) is 31.2 Å². The predicted molar refractivity (Wildman–Crippen MR) is 87.5 cm³/mol. The van der Waals surface area contributed by atoms with Crippen LogP contribution in [0, 0.1) is 13.8 Å². The SMILES string of the molecule is COc1ccccc1Nc1cc(C)nc2c(C)cccc12.[Cl-]. The Balaban J connectivity index is 0.00000176. The van der Waals surface area contributed by atoms with Crippen LogP contribution in [0.5, 0.6) is 5.75 Å². The first-order valence-corrected chi connectivity index (χ1v) is 6.96. The molecule has 0 fully saturated rings. The molecule has 4 heteroatoms. The zero-order valence-corrected chi connectivity index (χ0v) is 13.6. The first-order chi connectivity index (χ1) is 10.2. The average Bonchev–Trinajstić information content (AvgIpc) is 2.49. The molecule has 22 heavy (non-hydrogen) atoms. The van der Waals surface area contributed by atoms with E-state index in [1.54, 1.807) is 7.11 Å². The molecule has 0 saturated carbocycles.